The molecule has 3 heterocycles. The van der Waals surface area contributed by atoms with Gasteiger partial charge in [-0.3, -0.25) is 14.3 Å². The summed E-state index contributed by atoms with van der Waals surface area (Å²) in [6.45, 7) is 7.97. The van der Waals surface area contributed by atoms with Crippen LogP contribution < -0.4 is 16.3 Å². The van der Waals surface area contributed by atoms with E-state index < -0.39 is 23.3 Å². The summed E-state index contributed by atoms with van der Waals surface area (Å²) in [5.74, 6) is -0.430. The van der Waals surface area contributed by atoms with Crippen LogP contribution in [0.4, 0.5) is 30.5 Å². The summed E-state index contributed by atoms with van der Waals surface area (Å²) in [6, 6.07) is 17.1. The first-order valence-electron chi connectivity index (χ1n) is 15.1. The molecule has 1 fully saturated rings. The molecule has 10 nitrogen and oxygen atoms in total. The number of anilines is 3. The largest absolute Gasteiger partial charge is 0.416 e. The molecule has 0 atom stereocenters. The average molecular weight is 644 g/mol. The smallest absolute Gasteiger partial charge is 0.379 e. The Balaban J connectivity index is 1.20. The molecule has 0 spiro atoms. The van der Waals surface area contributed by atoms with Gasteiger partial charge in [0.25, 0.3) is 5.91 Å². The second-order valence-electron chi connectivity index (χ2n) is 11.3. The number of hydrogen-bond donors (Lipinski definition) is 2. The number of hydrogen-bond acceptors (Lipinski definition) is 8. The molecule has 2 N–H and O–H groups in total. The normalized spacial score (nSPS) is 13.9. The van der Waals surface area contributed by atoms with Crippen LogP contribution in [0.3, 0.4) is 0 Å². The van der Waals surface area contributed by atoms with Gasteiger partial charge in [0.1, 0.15) is 0 Å². The van der Waals surface area contributed by atoms with Gasteiger partial charge >= 0.3 is 11.9 Å². The molecule has 1 aliphatic rings. The zero-order valence-corrected chi connectivity index (χ0v) is 25.8. The summed E-state index contributed by atoms with van der Waals surface area (Å²) >= 11 is 0. The Kier molecular flexibility index (Phi) is 9.01. The lowest BCUT2D eigenvalue weighted by atomic mass is 10.1. The Hall–Kier alpha value is -5.14. The summed E-state index contributed by atoms with van der Waals surface area (Å²) in [4.78, 5) is 41.7. The maximum absolute atomic E-state index is 13.3. The number of halogens is 3. The quantitative estimate of drug-likeness (QED) is 0.222. The monoisotopic (exact) mass is 643 g/mol. The van der Waals surface area contributed by atoms with Crippen LogP contribution in [0.1, 0.15) is 32.7 Å². The van der Waals surface area contributed by atoms with Crippen molar-refractivity contribution in [1.82, 2.24) is 24.4 Å². The number of ether oxygens (including phenoxy) is 1. The van der Waals surface area contributed by atoms with Crippen molar-refractivity contribution in [3.8, 4) is 5.69 Å². The maximum Gasteiger partial charge on any atom is 0.416 e. The van der Waals surface area contributed by atoms with Crippen LogP contribution in [0.5, 0.6) is 0 Å². The molecule has 1 saturated heterocycles. The minimum Gasteiger partial charge on any atom is -0.379 e. The van der Waals surface area contributed by atoms with E-state index in [1.807, 2.05) is 12.1 Å². The van der Waals surface area contributed by atoms with Gasteiger partial charge in [-0.05, 0) is 73.9 Å². The number of benzene rings is 3. The van der Waals surface area contributed by atoms with Gasteiger partial charge in [-0.2, -0.15) is 23.1 Å². The second-order valence-corrected chi connectivity index (χ2v) is 11.3. The van der Waals surface area contributed by atoms with Crippen LogP contribution in [0.2, 0.25) is 0 Å². The van der Waals surface area contributed by atoms with Gasteiger partial charge in [0.2, 0.25) is 5.95 Å². The number of carbonyl (C=O) groups is 1. The fourth-order valence-electron chi connectivity index (χ4n) is 5.43. The molecule has 242 valence electrons. The predicted octanol–water partition coefficient (Wildman–Crippen LogP) is 5.68. The Morgan fingerprint density at radius 3 is 2.45 bits per heavy atom. The van der Waals surface area contributed by atoms with E-state index in [9.17, 15) is 22.8 Å². The number of nitrogens with zero attached hydrogens (tertiary/aromatic N) is 5. The van der Waals surface area contributed by atoms with Crippen molar-refractivity contribution < 1.29 is 22.7 Å². The number of nitrogens with one attached hydrogen (secondary N) is 2. The molecule has 1 amide bonds. The van der Waals surface area contributed by atoms with Gasteiger partial charge in [0.05, 0.1) is 29.9 Å². The lowest BCUT2D eigenvalue weighted by molar-refractivity contribution is -0.137. The fourth-order valence-corrected chi connectivity index (χ4v) is 5.43. The maximum atomic E-state index is 13.3. The van der Waals surface area contributed by atoms with Crippen LogP contribution >= 0.6 is 0 Å². The third kappa shape index (κ3) is 7.31. The lowest BCUT2D eigenvalue weighted by Crippen LogP contribution is -2.37. The highest BCUT2D eigenvalue weighted by Gasteiger charge is 2.31. The summed E-state index contributed by atoms with van der Waals surface area (Å²) in [5.41, 5.74) is 2.54. The molecule has 47 heavy (non-hydrogen) atoms. The number of fused-ring (bicyclic) bond motifs is 1. The van der Waals surface area contributed by atoms with Gasteiger partial charge in [-0.1, -0.05) is 24.3 Å². The number of amides is 1. The molecule has 2 aromatic heterocycles. The third-order valence-electron chi connectivity index (χ3n) is 8.08. The Morgan fingerprint density at radius 2 is 1.70 bits per heavy atom. The number of rotatable bonds is 8. The van der Waals surface area contributed by atoms with Gasteiger partial charge in [-0.15, -0.1) is 0 Å². The van der Waals surface area contributed by atoms with E-state index >= 15 is 0 Å². The zero-order valence-electron chi connectivity index (χ0n) is 25.8. The summed E-state index contributed by atoms with van der Waals surface area (Å²) in [7, 11) is 0. The first-order chi connectivity index (χ1) is 22.5. The van der Waals surface area contributed by atoms with Crippen LogP contribution in [-0.2, 0) is 17.3 Å². The summed E-state index contributed by atoms with van der Waals surface area (Å²) in [6.07, 6.45) is -2.05. The number of carbonyl (C=O) groups excluding carboxylic acids is 1. The van der Waals surface area contributed by atoms with Crippen molar-refractivity contribution in [3.63, 3.8) is 0 Å². The predicted molar refractivity (Wildman–Crippen MR) is 172 cm³/mol. The molecular weight excluding hydrogens is 611 g/mol. The number of aromatic nitrogens is 4. The van der Waals surface area contributed by atoms with E-state index in [1.54, 1.807) is 38.2 Å². The second kappa shape index (κ2) is 13.3. The SMILES string of the molecule is Cc1ccc(NC(=O)c2cccc(C(F)(F)F)c2)cc1-n1c(C)c2cnc(Nc3ccc(CCN4CCOCC4)cc3)nc2nc1=O. The number of aryl methyl sites for hydroxylation is 2. The lowest BCUT2D eigenvalue weighted by Gasteiger charge is -2.26. The standard InChI is InChI=1S/C34H32F3N7O3/c1-21-6-9-27(39-31(45)24-4-3-5-25(18-24)34(35,36)37)19-29(21)44-22(2)28-20-38-32(41-30(28)42-33(44)46)40-26-10-7-23(8-11-26)12-13-43-14-16-47-17-15-43/h3-11,18-20H,12-17H2,1-2H3,(H,39,45)(H,40,41,42,46). The van der Waals surface area contributed by atoms with Gasteiger partial charge in [0, 0.05) is 48.5 Å². The van der Waals surface area contributed by atoms with Crippen LogP contribution in [0.15, 0.2) is 77.7 Å². The highest BCUT2D eigenvalue weighted by Crippen LogP contribution is 2.30. The van der Waals surface area contributed by atoms with E-state index in [2.05, 4.69) is 42.6 Å². The molecule has 0 radical (unpaired) electrons. The van der Waals surface area contributed by atoms with Crippen LogP contribution in [0, 0.1) is 13.8 Å². The third-order valence-corrected chi connectivity index (χ3v) is 8.08. The van der Waals surface area contributed by atoms with Crippen LogP contribution in [-0.4, -0.2) is 63.2 Å². The molecule has 13 heteroatoms. The zero-order chi connectivity index (χ0) is 33.1. The van der Waals surface area contributed by atoms with Crippen molar-refractivity contribution in [1.29, 1.82) is 0 Å². The number of alkyl halides is 3. The minimum absolute atomic E-state index is 0.149. The molecule has 5 aromatic rings. The van der Waals surface area contributed by atoms with E-state index in [0.29, 0.717) is 28.0 Å². The van der Waals surface area contributed by atoms with Crippen molar-refractivity contribution in [2.24, 2.45) is 0 Å². The average Bonchev–Trinajstić information content (AvgIpc) is 3.06. The van der Waals surface area contributed by atoms with E-state index in [0.717, 1.165) is 57.1 Å². The van der Waals surface area contributed by atoms with Crippen LogP contribution in [0.25, 0.3) is 16.7 Å². The molecule has 0 saturated carbocycles. The number of morpholine rings is 1. The van der Waals surface area contributed by atoms with Crippen molar-refractivity contribution >= 4 is 34.3 Å². The van der Waals surface area contributed by atoms with E-state index in [1.165, 1.54) is 22.3 Å². The Morgan fingerprint density at radius 1 is 0.957 bits per heavy atom. The van der Waals surface area contributed by atoms with Gasteiger partial charge < -0.3 is 15.4 Å². The Bertz CT molecular complexity index is 1990. The van der Waals surface area contributed by atoms with E-state index in [-0.39, 0.29) is 17.2 Å². The molecule has 0 aliphatic carbocycles. The van der Waals surface area contributed by atoms with Gasteiger partial charge in [0.15, 0.2) is 5.65 Å². The fraction of sp³-hybridized carbons (Fsp3) is 0.265. The molecule has 6 rings (SSSR count). The van der Waals surface area contributed by atoms with Crippen molar-refractivity contribution in [2.75, 3.05) is 43.5 Å². The van der Waals surface area contributed by atoms with Crippen molar-refractivity contribution in [2.45, 2.75) is 26.4 Å². The summed E-state index contributed by atoms with van der Waals surface area (Å²) in [5, 5.41) is 6.35. The molecule has 3 aromatic carbocycles. The van der Waals surface area contributed by atoms with Crippen molar-refractivity contribution in [3.05, 3.63) is 111 Å². The van der Waals surface area contributed by atoms with E-state index in [4.69, 9.17) is 4.74 Å². The molecule has 0 bridgehead atoms. The molecular formula is C34H32F3N7O3. The Labute approximate surface area is 268 Å². The first-order valence-corrected chi connectivity index (χ1v) is 15.1. The minimum atomic E-state index is -4.58. The molecule has 0 unspecified atom stereocenters. The summed E-state index contributed by atoms with van der Waals surface area (Å²) < 4.78 is 46.3. The topological polar surface area (TPSA) is 114 Å². The first kappa shape index (κ1) is 31.8. The van der Waals surface area contributed by atoms with Gasteiger partial charge in [-0.25, -0.2) is 9.78 Å². The highest BCUT2D eigenvalue weighted by atomic mass is 19.4. The molecule has 1 aliphatic heterocycles. The highest BCUT2D eigenvalue weighted by molar-refractivity contribution is 6.04.